The molecule has 0 fully saturated rings. The molecule has 0 aliphatic rings. The minimum atomic E-state index is -0.661. The largest absolute Gasteiger partial charge is 0.466 e. The third-order valence-corrected chi connectivity index (χ3v) is 17.2. The Balaban J connectivity index is 3.32. The quantitative estimate of drug-likeness (QED) is 0.0417. The summed E-state index contributed by atoms with van der Waals surface area (Å²) in [5.41, 5.74) is 0. The van der Waals surface area contributed by atoms with Crippen LogP contribution in [0.15, 0.2) is 0 Å². The van der Waals surface area contributed by atoms with Crippen LogP contribution in [-0.4, -0.2) is 47.4 Å². The van der Waals surface area contributed by atoms with E-state index >= 15 is 0 Å². The molecule has 0 aromatic rings. The molecule has 2 unspecified atom stereocenters. The summed E-state index contributed by atoms with van der Waals surface area (Å²) in [5.74, 6) is -0.00426. The number of carbonyl (C=O) groups excluding carboxylic acids is 2. The SMILES string of the molecule is CCCCCCCCCCCCCCCCCCCCC(O)C(CO)NC(=O)CCCCCCCCCCCCCCCCCCCCCCCCCCCCCCCCOC(=O)CCCCCCCCCCCCCC. The number of aliphatic hydroxyl groups is 2. The Morgan fingerprint density at radius 1 is 0.312 bits per heavy atom. The minimum Gasteiger partial charge on any atom is -0.466 e. The molecule has 3 N–H and O–H groups in total. The van der Waals surface area contributed by atoms with Gasteiger partial charge in [0, 0.05) is 12.8 Å². The maximum absolute atomic E-state index is 12.5. The third kappa shape index (κ3) is 63.9. The molecule has 0 aromatic carbocycles. The second-order valence-corrected chi connectivity index (χ2v) is 24.9. The van der Waals surface area contributed by atoms with Crippen molar-refractivity contribution >= 4 is 11.9 Å². The highest BCUT2D eigenvalue weighted by molar-refractivity contribution is 5.76. The van der Waals surface area contributed by atoms with Gasteiger partial charge in [-0.05, 0) is 25.7 Å². The van der Waals surface area contributed by atoms with Gasteiger partial charge in [0.25, 0.3) is 0 Å². The summed E-state index contributed by atoms with van der Waals surface area (Å²) in [4.78, 5) is 24.6. The number of hydrogen-bond acceptors (Lipinski definition) is 5. The van der Waals surface area contributed by atoms with Crippen LogP contribution in [-0.2, 0) is 14.3 Å². The first-order valence-electron chi connectivity index (χ1n) is 35.8. The van der Waals surface area contributed by atoms with E-state index in [0.717, 1.165) is 38.5 Å². The molecular formula is C71H141NO5. The van der Waals surface area contributed by atoms with E-state index in [9.17, 15) is 19.8 Å². The summed E-state index contributed by atoms with van der Waals surface area (Å²) in [7, 11) is 0. The first-order chi connectivity index (χ1) is 38.0. The van der Waals surface area contributed by atoms with Crippen molar-refractivity contribution in [1.29, 1.82) is 0 Å². The predicted octanol–water partition coefficient (Wildman–Crippen LogP) is 23.0. The second kappa shape index (κ2) is 67.4. The zero-order chi connectivity index (χ0) is 55.7. The number of rotatable bonds is 68. The van der Waals surface area contributed by atoms with Crippen molar-refractivity contribution in [2.45, 2.75) is 431 Å². The van der Waals surface area contributed by atoms with Crippen LogP contribution < -0.4 is 5.32 Å². The number of ether oxygens (including phenoxy) is 1. The fraction of sp³-hybridized carbons (Fsp3) is 0.972. The number of carbonyl (C=O) groups is 2. The Morgan fingerprint density at radius 3 is 0.792 bits per heavy atom. The van der Waals surface area contributed by atoms with Gasteiger partial charge in [0.05, 0.1) is 25.4 Å². The minimum absolute atomic E-state index is 0.0220. The van der Waals surface area contributed by atoms with Gasteiger partial charge in [-0.1, -0.05) is 380 Å². The predicted molar refractivity (Wildman–Crippen MR) is 338 cm³/mol. The fourth-order valence-electron chi connectivity index (χ4n) is 11.7. The van der Waals surface area contributed by atoms with Crippen LogP contribution >= 0.6 is 0 Å². The highest BCUT2D eigenvalue weighted by atomic mass is 16.5. The Morgan fingerprint density at radius 2 is 0.532 bits per heavy atom. The molecule has 0 bridgehead atoms. The zero-order valence-corrected chi connectivity index (χ0v) is 52.7. The molecule has 1 amide bonds. The number of amides is 1. The molecule has 0 aromatic heterocycles. The van der Waals surface area contributed by atoms with Crippen LogP contribution in [0.4, 0.5) is 0 Å². The molecule has 0 saturated carbocycles. The molecular weight excluding hydrogens is 947 g/mol. The van der Waals surface area contributed by atoms with E-state index < -0.39 is 12.1 Å². The topological polar surface area (TPSA) is 95.9 Å². The van der Waals surface area contributed by atoms with Crippen molar-refractivity contribution < 1.29 is 24.5 Å². The molecule has 6 heteroatoms. The fourth-order valence-corrected chi connectivity index (χ4v) is 11.7. The van der Waals surface area contributed by atoms with Gasteiger partial charge in [-0.25, -0.2) is 0 Å². The highest BCUT2D eigenvalue weighted by Crippen LogP contribution is 2.20. The van der Waals surface area contributed by atoms with Crippen molar-refractivity contribution in [1.82, 2.24) is 5.32 Å². The summed E-state index contributed by atoms with van der Waals surface area (Å²) in [6.45, 7) is 5.00. The van der Waals surface area contributed by atoms with Gasteiger partial charge in [-0.3, -0.25) is 9.59 Å². The van der Waals surface area contributed by atoms with Crippen LogP contribution in [0.5, 0.6) is 0 Å². The number of hydrogen-bond donors (Lipinski definition) is 3. The van der Waals surface area contributed by atoms with Gasteiger partial charge in [-0.2, -0.15) is 0 Å². The summed E-state index contributed by atoms with van der Waals surface area (Å²) < 4.78 is 5.49. The van der Waals surface area contributed by atoms with Gasteiger partial charge in [0.15, 0.2) is 0 Å². The molecule has 0 heterocycles. The normalized spacial score (nSPS) is 12.4. The van der Waals surface area contributed by atoms with E-state index in [4.69, 9.17) is 4.74 Å². The Labute approximate surface area is 483 Å². The molecule has 0 aliphatic heterocycles. The zero-order valence-electron chi connectivity index (χ0n) is 52.7. The lowest BCUT2D eigenvalue weighted by atomic mass is 10.0. The van der Waals surface area contributed by atoms with Crippen LogP contribution in [0.3, 0.4) is 0 Å². The van der Waals surface area contributed by atoms with Crippen LogP contribution in [0, 0.1) is 0 Å². The lowest BCUT2D eigenvalue weighted by Gasteiger charge is -2.22. The summed E-state index contributed by atoms with van der Waals surface area (Å²) in [5, 5.41) is 23.4. The smallest absolute Gasteiger partial charge is 0.305 e. The summed E-state index contributed by atoms with van der Waals surface area (Å²) >= 11 is 0. The number of aliphatic hydroxyl groups excluding tert-OH is 2. The molecule has 0 rings (SSSR count). The van der Waals surface area contributed by atoms with E-state index in [2.05, 4.69) is 19.2 Å². The molecule has 77 heavy (non-hydrogen) atoms. The standard InChI is InChI=1S/C71H141NO5/c1-3-5-7-9-11-13-15-17-18-19-34-37-40-43-47-51-55-59-63-69(74)68(67-73)72-70(75)64-60-56-52-48-44-41-38-35-32-30-28-26-24-22-20-21-23-25-27-29-31-33-36-39-42-46-50-54-58-62-66-77-71(76)65-61-57-53-49-45-16-14-12-10-8-6-4-2/h68-69,73-74H,3-67H2,1-2H3,(H,72,75). The maximum Gasteiger partial charge on any atom is 0.305 e. The molecule has 2 atom stereocenters. The first-order valence-corrected chi connectivity index (χ1v) is 35.8. The monoisotopic (exact) mass is 1090 g/mol. The molecule has 0 radical (unpaired) electrons. The molecule has 0 saturated heterocycles. The third-order valence-electron chi connectivity index (χ3n) is 17.2. The van der Waals surface area contributed by atoms with Crippen molar-refractivity contribution in [3.63, 3.8) is 0 Å². The van der Waals surface area contributed by atoms with E-state index in [-0.39, 0.29) is 18.5 Å². The van der Waals surface area contributed by atoms with Crippen molar-refractivity contribution in [2.24, 2.45) is 0 Å². The number of esters is 1. The first kappa shape index (κ1) is 75.9. The van der Waals surface area contributed by atoms with E-state index in [0.29, 0.717) is 25.9 Å². The molecule has 0 aliphatic carbocycles. The average molecular weight is 1090 g/mol. The Bertz CT molecular complexity index is 1120. The van der Waals surface area contributed by atoms with Gasteiger partial charge in [-0.15, -0.1) is 0 Å². The van der Waals surface area contributed by atoms with Gasteiger partial charge < -0.3 is 20.3 Å². The van der Waals surface area contributed by atoms with Crippen LogP contribution in [0.25, 0.3) is 0 Å². The lowest BCUT2D eigenvalue weighted by Crippen LogP contribution is -2.45. The number of unbranched alkanes of at least 4 members (excludes halogenated alkanes) is 57. The average Bonchev–Trinajstić information content (AvgIpc) is 3.43. The summed E-state index contributed by atoms with van der Waals surface area (Å²) in [6.07, 6.45) is 81.6. The molecule has 0 spiro atoms. The van der Waals surface area contributed by atoms with Crippen molar-refractivity contribution in [3.8, 4) is 0 Å². The van der Waals surface area contributed by atoms with E-state index in [1.165, 1.54) is 347 Å². The van der Waals surface area contributed by atoms with Crippen LogP contribution in [0.2, 0.25) is 0 Å². The van der Waals surface area contributed by atoms with Crippen LogP contribution in [0.1, 0.15) is 418 Å². The van der Waals surface area contributed by atoms with Crippen molar-refractivity contribution in [2.75, 3.05) is 13.2 Å². The Hall–Kier alpha value is -1.14. The van der Waals surface area contributed by atoms with Gasteiger partial charge in [0.2, 0.25) is 5.91 Å². The second-order valence-electron chi connectivity index (χ2n) is 24.9. The number of nitrogens with one attached hydrogen (secondary N) is 1. The Kier molecular flexibility index (Phi) is 66.4. The summed E-state index contributed by atoms with van der Waals surface area (Å²) in [6, 6.07) is -0.538. The lowest BCUT2D eigenvalue weighted by molar-refractivity contribution is -0.143. The highest BCUT2D eigenvalue weighted by Gasteiger charge is 2.20. The van der Waals surface area contributed by atoms with E-state index in [1.54, 1.807) is 0 Å². The van der Waals surface area contributed by atoms with Gasteiger partial charge >= 0.3 is 5.97 Å². The molecule has 460 valence electrons. The maximum atomic E-state index is 12.5. The molecule has 6 nitrogen and oxygen atoms in total. The van der Waals surface area contributed by atoms with Crippen molar-refractivity contribution in [3.05, 3.63) is 0 Å². The van der Waals surface area contributed by atoms with E-state index in [1.807, 2.05) is 0 Å². The van der Waals surface area contributed by atoms with Gasteiger partial charge in [0.1, 0.15) is 0 Å².